The fraction of sp³-hybridized carbons (Fsp3) is 0.304. The first-order chi connectivity index (χ1) is 14.2. The Hall–Kier alpha value is -2.73. The Morgan fingerprint density at radius 3 is 2.79 bits per heavy atom. The van der Waals surface area contributed by atoms with Crippen LogP contribution in [0.1, 0.15) is 52.4 Å². The number of Topliss-reactive ketones (excluding diaryl/α,β-unsaturated/α-hetero) is 1. The smallest absolute Gasteiger partial charge is 0.182 e. The van der Waals surface area contributed by atoms with Gasteiger partial charge in [0, 0.05) is 30.1 Å². The Bertz CT molecular complexity index is 1040. The van der Waals surface area contributed by atoms with E-state index in [2.05, 4.69) is 28.2 Å². The van der Waals surface area contributed by atoms with Gasteiger partial charge in [0.2, 0.25) is 0 Å². The van der Waals surface area contributed by atoms with Crippen LogP contribution in [0.4, 0.5) is 10.1 Å². The van der Waals surface area contributed by atoms with Crippen LogP contribution in [-0.4, -0.2) is 21.5 Å². The van der Waals surface area contributed by atoms with Crippen LogP contribution in [0.2, 0.25) is 0 Å². The molecule has 0 spiro atoms. The zero-order valence-electron chi connectivity index (χ0n) is 16.1. The summed E-state index contributed by atoms with van der Waals surface area (Å²) in [6, 6.07) is 11.2. The number of aryl methyl sites for hydroxylation is 2. The van der Waals surface area contributed by atoms with E-state index >= 15 is 0 Å². The molecule has 4 rings (SSSR count). The van der Waals surface area contributed by atoms with Crippen molar-refractivity contribution >= 4 is 28.5 Å². The number of ketones is 1. The lowest BCUT2D eigenvalue weighted by Crippen LogP contribution is -2.04. The van der Waals surface area contributed by atoms with Crippen molar-refractivity contribution in [3.05, 3.63) is 75.8 Å². The topological polar surface area (TPSA) is 55.2 Å². The predicted molar refractivity (Wildman–Crippen MR) is 114 cm³/mol. The number of pyridine rings is 1. The van der Waals surface area contributed by atoms with E-state index in [-0.39, 0.29) is 18.0 Å². The molecule has 0 radical (unpaired) electrons. The fourth-order valence-corrected chi connectivity index (χ4v) is 4.31. The second-order valence-electron chi connectivity index (χ2n) is 7.17. The molecule has 0 unspecified atom stereocenters. The minimum atomic E-state index is -0.366. The van der Waals surface area contributed by atoms with Gasteiger partial charge < -0.3 is 0 Å². The maximum atomic E-state index is 13.6. The third-order valence-corrected chi connectivity index (χ3v) is 5.94. The first-order valence-corrected chi connectivity index (χ1v) is 10.8. The number of para-hydroxylation sites is 1. The molecule has 1 aliphatic heterocycles. The Balaban J connectivity index is 1.20. The van der Waals surface area contributed by atoms with Crippen molar-refractivity contribution in [1.29, 1.82) is 0 Å². The van der Waals surface area contributed by atoms with Crippen molar-refractivity contribution in [3.8, 4) is 0 Å². The fourth-order valence-electron chi connectivity index (χ4n) is 3.46. The maximum Gasteiger partial charge on any atom is 0.182 e. The van der Waals surface area contributed by atoms with Gasteiger partial charge in [-0.3, -0.25) is 14.8 Å². The van der Waals surface area contributed by atoms with Crippen LogP contribution in [0.5, 0.6) is 0 Å². The van der Waals surface area contributed by atoms with Gasteiger partial charge in [0.15, 0.2) is 5.78 Å². The number of unbranched alkanes of at least 4 members (excludes halogenated alkanes) is 1. The van der Waals surface area contributed by atoms with Gasteiger partial charge in [0.1, 0.15) is 11.5 Å². The Labute approximate surface area is 173 Å². The summed E-state index contributed by atoms with van der Waals surface area (Å²) in [6.45, 7) is 0. The van der Waals surface area contributed by atoms with Crippen molar-refractivity contribution in [1.82, 2.24) is 9.97 Å². The first kappa shape index (κ1) is 19.6. The third-order valence-electron chi connectivity index (χ3n) is 5.03. The molecule has 0 atom stereocenters. The number of hydrogen-bond acceptors (Lipinski definition) is 5. The number of benzene rings is 1. The molecule has 0 amide bonds. The quantitative estimate of drug-likeness (QED) is 0.346. The summed E-state index contributed by atoms with van der Waals surface area (Å²) in [5, 5.41) is 2.79. The van der Waals surface area contributed by atoms with Gasteiger partial charge in [-0.25, -0.2) is 9.37 Å². The Morgan fingerprint density at radius 1 is 1.07 bits per heavy atom. The monoisotopic (exact) mass is 407 g/mol. The zero-order valence-corrected chi connectivity index (χ0v) is 16.9. The molecular formula is C23H22FN3OS. The number of rotatable bonds is 9. The summed E-state index contributed by atoms with van der Waals surface area (Å²) in [7, 11) is 0. The van der Waals surface area contributed by atoms with Gasteiger partial charge in [-0.15, -0.1) is 11.3 Å². The number of thiazole rings is 1. The highest BCUT2D eigenvalue weighted by molar-refractivity contribution is 7.09. The SMILES string of the molecule is O=C(CCc1ncccc1F)c1csc(CCCCC2=Nc3ccccc3C2)n1. The summed E-state index contributed by atoms with van der Waals surface area (Å²) in [6.07, 6.45) is 6.97. The van der Waals surface area contributed by atoms with Crippen molar-refractivity contribution < 1.29 is 9.18 Å². The Morgan fingerprint density at radius 2 is 1.93 bits per heavy atom. The molecule has 1 aliphatic rings. The molecule has 0 aliphatic carbocycles. The van der Waals surface area contributed by atoms with E-state index in [1.165, 1.54) is 28.7 Å². The highest BCUT2D eigenvalue weighted by Gasteiger charge is 2.14. The van der Waals surface area contributed by atoms with Crippen molar-refractivity contribution in [2.75, 3.05) is 0 Å². The van der Waals surface area contributed by atoms with E-state index in [9.17, 15) is 9.18 Å². The number of aliphatic imine (C=N–C) groups is 1. The lowest BCUT2D eigenvalue weighted by Gasteiger charge is -2.01. The lowest BCUT2D eigenvalue weighted by molar-refractivity contribution is 0.0978. The van der Waals surface area contributed by atoms with Crippen LogP contribution in [-0.2, 0) is 19.3 Å². The van der Waals surface area contributed by atoms with Gasteiger partial charge in [-0.1, -0.05) is 18.2 Å². The van der Waals surface area contributed by atoms with E-state index < -0.39 is 0 Å². The summed E-state index contributed by atoms with van der Waals surface area (Å²) in [5.74, 6) is -0.426. The molecule has 148 valence electrons. The third kappa shape index (κ3) is 5.01. The van der Waals surface area contributed by atoms with E-state index in [1.54, 1.807) is 12.3 Å². The molecule has 3 heterocycles. The average Bonchev–Trinajstić information content (AvgIpc) is 3.37. The van der Waals surface area contributed by atoms with Crippen LogP contribution < -0.4 is 0 Å². The van der Waals surface area contributed by atoms with Gasteiger partial charge in [-0.2, -0.15) is 0 Å². The van der Waals surface area contributed by atoms with Crippen molar-refractivity contribution in [2.24, 2.45) is 4.99 Å². The minimum Gasteiger partial charge on any atom is -0.292 e. The number of nitrogens with zero attached hydrogens (tertiary/aromatic N) is 3. The lowest BCUT2D eigenvalue weighted by atomic mass is 10.1. The van der Waals surface area contributed by atoms with Crippen molar-refractivity contribution in [3.63, 3.8) is 0 Å². The number of halogens is 1. The second kappa shape index (κ2) is 9.18. The molecule has 0 fully saturated rings. The predicted octanol–water partition coefficient (Wildman–Crippen LogP) is 5.53. The number of fused-ring (bicyclic) bond motifs is 1. The first-order valence-electron chi connectivity index (χ1n) is 9.90. The maximum absolute atomic E-state index is 13.6. The molecule has 0 N–H and O–H groups in total. The summed E-state index contributed by atoms with van der Waals surface area (Å²) in [4.78, 5) is 25.5. The molecule has 1 aromatic carbocycles. The van der Waals surface area contributed by atoms with E-state index in [0.717, 1.165) is 42.8 Å². The molecule has 3 aromatic rings. The Kier molecular flexibility index (Phi) is 6.20. The molecule has 2 aromatic heterocycles. The van der Waals surface area contributed by atoms with Gasteiger partial charge in [-0.05, 0) is 55.9 Å². The molecule has 0 saturated carbocycles. The van der Waals surface area contributed by atoms with E-state index in [1.807, 2.05) is 11.4 Å². The largest absolute Gasteiger partial charge is 0.292 e. The van der Waals surface area contributed by atoms with Crippen molar-refractivity contribution in [2.45, 2.75) is 44.9 Å². The number of hydrogen-bond donors (Lipinski definition) is 0. The second-order valence-corrected chi connectivity index (χ2v) is 8.11. The zero-order chi connectivity index (χ0) is 20.1. The van der Waals surface area contributed by atoms with Crippen LogP contribution in [0.15, 0.2) is 53.0 Å². The standard InChI is InChI=1S/C23H22FN3OS/c24-18-8-5-13-25-20(18)11-12-22(28)21-15-29-23(27-21)10-4-2-7-17-14-16-6-1-3-9-19(16)26-17/h1,3,5-6,8-9,13,15H,2,4,7,10-12,14H2. The van der Waals surface area contributed by atoms with E-state index in [0.29, 0.717) is 17.8 Å². The van der Waals surface area contributed by atoms with Crippen LogP contribution in [0, 0.1) is 5.82 Å². The molecular weight excluding hydrogens is 385 g/mol. The molecule has 0 bridgehead atoms. The highest BCUT2D eigenvalue weighted by atomic mass is 32.1. The normalized spacial score (nSPS) is 12.7. The molecule has 4 nitrogen and oxygen atoms in total. The molecule has 0 saturated heterocycles. The minimum absolute atomic E-state index is 0.0596. The van der Waals surface area contributed by atoms with Crippen LogP contribution in [0.3, 0.4) is 0 Å². The van der Waals surface area contributed by atoms with Gasteiger partial charge in [0.05, 0.1) is 16.4 Å². The molecule has 29 heavy (non-hydrogen) atoms. The summed E-state index contributed by atoms with van der Waals surface area (Å²) >= 11 is 1.52. The number of aromatic nitrogens is 2. The van der Waals surface area contributed by atoms with E-state index in [4.69, 9.17) is 4.99 Å². The number of carbonyl (C=O) groups excluding carboxylic acids is 1. The average molecular weight is 408 g/mol. The van der Waals surface area contributed by atoms with Crippen LogP contribution in [0.25, 0.3) is 0 Å². The number of carbonyl (C=O) groups is 1. The summed E-state index contributed by atoms with van der Waals surface area (Å²) in [5.41, 5.74) is 4.49. The molecule has 6 heteroatoms. The highest BCUT2D eigenvalue weighted by Crippen LogP contribution is 2.27. The van der Waals surface area contributed by atoms with Gasteiger partial charge in [0.25, 0.3) is 0 Å². The van der Waals surface area contributed by atoms with Gasteiger partial charge >= 0.3 is 0 Å². The van der Waals surface area contributed by atoms with Crippen LogP contribution >= 0.6 is 11.3 Å². The summed E-state index contributed by atoms with van der Waals surface area (Å²) < 4.78 is 13.6.